The number of phosphoric acid groups is 1. The van der Waals surface area contributed by atoms with Crippen LogP contribution in [-0.4, -0.2) is 54.0 Å². The van der Waals surface area contributed by atoms with Crippen molar-refractivity contribution in [2.45, 2.75) is 219 Å². The minimum Gasteiger partial charge on any atom is -0.296 e. The van der Waals surface area contributed by atoms with Crippen LogP contribution in [0.2, 0.25) is 0 Å². The van der Waals surface area contributed by atoms with Gasteiger partial charge >= 0.3 is 7.82 Å². The summed E-state index contributed by atoms with van der Waals surface area (Å²) in [7, 11) is -3.94. The van der Waals surface area contributed by atoms with Gasteiger partial charge in [0.1, 0.15) is 0 Å². The molecule has 3 aromatic rings. The summed E-state index contributed by atoms with van der Waals surface area (Å²) < 4.78 is 33.7. The van der Waals surface area contributed by atoms with Crippen LogP contribution in [0, 0.1) is 0 Å². The summed E-state index contributed by atoms with van der Waals surface area (Å²) in [6, 6.07) is 31.5. The van der Waals surface area contributed by atoms with Crippen molar-refractivity contribution < 1.29 is 18.1 Å². The molecule has 0 aromatic heterocycles. The van der Waals surface area contributed by atoms with Gasteiger partial charge in [0.2, 0.25) is 0 Å². The Hall–Kier alpha value is -1.83. The fraction of sp³-hybridized carbons (Fsp3) is 0.690. The molecule has 0 aliphatic heterocycles. The van der Waals surface area contributed by atoms with E-state index in [4.69, 9.17) is 13.6 Å². The summed E-state index contributed by atoms with van der Waals surface area (Å²) in [5, 5.41) is 0.540. The molecule has 0 N–H and O–H groups in total. The van der Waals surface area contributed by atoms with Crippen LogP contribution < -0.4 is 0 Å². The minimum atomic E-state index is -3.94. The number of nitrogens with zero attached hydrogens (tertiary/aromatic N) is 2. The number of phosphoric ester groups is 1. The van der Waals surface area contributed by atoms with E-state index < -0.39 is 13.9 Å². The van der Waals surface area contributed by atoms with E-state index in [1.807, 2.05) is 30.3 Å². The van der Waals surface area contributed by atoms with Gasteiger partial charge < -0.3 is 0 Å². The summed E-state index contributed by atoms with van der Waals surface area (Å²) in [4.78, 5) is 5.05. The fourth-order valence-corrected chi connectivity index (χ4v) is 10.8. The molecule has 6 nitrogen and oxygen atoms in total. The van der Waals surface area contributed by atoms with Crippen LogP contribution in [0.5, 0.6) is 0 Å². The molecule has 0 saturated carbocycles. The molecule has 0 bridgehead atoms. The van der Waals surface area contributed by atoms with Crippen LogP contribution in [0.15, 0.2) is 91.0 Å². The average Bonchev–Trinajstić information content (AvgIpc) is 3.33. The maximum absolute atomic E-state index is 14.7. The molecular formula is C58H96BrN2O4P. The van der Waals surface area contributed by atoms with Crippen molar-refractivity contribution in [2.75, 3.05) is 38.1 Å². The highest BCUT2D eigenvalue weighted by Gasteiger charge is 2.33. The Balaban J connectivity index is 1.66. The van der Waals surface area contributed by atoms with E-state index >= 15 is 0 Å². The molecule has 66 heavy (non-hydrogen) atoms. The van der Waals surface area contributed by atoms with Crippen LogP contribution in [0.4, 0.5) is 0 Å². The standard InChI is InChI=1S/C58H96BrN2O4P/c1-3-5-7-9-11-13-15-17-19-21-23-25-27-38-47-60(50-55-40-32-29-33-41-55)52-58(65-66(62,63-49-46-59)64-54-57-44-36-31-37-45-57)53-61(51-56-42-34-30-35-43-56)48-39-28-26-24-22-20-18-16-14-12-10-8-6-4-2/h29-37,40-45,58H,3-28,38-39,46-54H2,1-2H3. The van der Waals surface area contributed by atoms with E-state index in [1.165, 1.54) is 178 Å². The second-order valence-electron chi connectivity index (χ2n) is 19.1. The molecule has 3 rings (SSSR count). The van der Waals surface area contributed by atoms with Crippen molar-refractivity contribution >= 4 is 23.8 Å². The molecule has 0 saturated heterocycles. The molecule has 374 valence electrons. The second kappa shape index (κ2) is 41.0. The van der Waals surface area contributed by atoms with E-state index in [1.54, 1.807) is 0 Å². The molecule has 8 heteroatoms. The first kappa shape index (κ1) is 58.5. The van der Waals surface area contributed by atoms with Crippen molar-refractivity contribution in [3.8, 4) is 0 Å². The zero-order chi connectivity index (χ0) is 46.9. The zero-order valence-corrected chi connectivity index (χ0v) is 44.7. The first-order chi connectivity index (χ1) is 32.5. The lowest BCUT2D eigenvalue weighted by Crippen LogP contribution is -2.42. The maximum Gasteiger partial charge on any atom is 0.475 e. The van der Waals surface area contributed by atoms with Gasteiger partial charge in [-0.15, -0.1) is 0 Å². The van der Waals surface area contributed by atoms with Gasteiger partial charge in [0.05, 0.1) is 19.3 Å². The topological polar surface area (TPSA) is 51.2 Å². The quantitative estimate of drug-likeness (QED) is 0.0319. The number of alkyl halides is 1. The number of hydrogen-bond acceptors (Lipinski definition) is 6. The van der Waals surface area contributed by atoms with Crippen molar-refractivity contribution in [2.24, 2.45) is 0 Å². The Morgan fingerprint density at radius 2 is 0.758 bits per heavy atom. The van der Waals surface area contributed by atoms with Gasteiger partial charge in [0, 0.05) is 31.5 Å². The number of hydrogen-bond donors (Lipinski definition) is 0. The van der Waals surface area contributed by atoms with Crippen molar-refractivity contribution in [1.82, 2.24) is 9.80 Å². The van der Waals surface area contributed by atoms with E-state index in [2.05, 4.69) is 100 Å². The molecule has 0 aliphatic rings. The third-order valence-electron chi connectivity index (χ3n) is 12.9. The molecule has 0 radical (unpaired) electrons. The Morgan fingerprint density at radius 1 is 0.439 bits per heavy atom. The third kappa shape index (κ3) is 31.3. The van der Waals surface area contributed by atoms with Crippen molar-refractivity contribution in [3.05, 3.63) is 108 Å². The third-order valence-corrected chi connectivity index (χ3v) is 14.7. The Kier molecular flexibility index (Phi) is 36.3. The lowest BCUT2D eigenvalue weighted by molar-refractivity contribution is 0.0346. The molecule has 3 aromatic carbocycles. The maximum atomic E-state index is 14.7. The van der Waals surface area contributed by atoms with Gasteiger partial charge in [-0.1, -0.05) is 288 Å². The van der Waals surface area contributed by atoms with Crippen LogP contribution in [0.1, 0.15) is 210 Å². The van der Waals surface area contributed by atoms with Gasteiger partial charge in [-0.25, -0.2) is 4.57 Å². The fourth-order valence-electron chi connectivity index (χ4n) is 9.07. The normalized spacial score (nSPS) is 12.8. The largest absolute Gasteiger partial charge is 0.475 e. The monoisotopic (exact) mass is 995 g/mol. The highest BCUT2D eigenvalue weighted by atomic mass is 79.9. The van der Waals surface area contributed by atoms with Crippen LogP contribution >= 0.6 is 23.8 Å². The molecular weight excluding hydrogens is 900 g/mol. The van der Waals surface area contributed by atoms with Crippen LogP contribution in [-0.2, 0) is 37.8 Å². The number of rotatable bonds is 46. The van der Waals surface area contributed by atoms with Crippen molar-refractivity contribution in [1.29, 1.82) is 0 Å². The predicted octanol–water partition coefficient (Wildman–Crippen LogP) is 18.1. The van der Waals surface area contributed by atoms with Gasteiger partial charge in [0.15, 0.2) is 0 Å². The van der Waals surface area contributed by atoms with Gasteiger partial charge in [-0.2, -0.15) is 0 Å². The highest BCUT2D eigenvalue weighted by Crippen LogP contribution is 2.51. The highest BCUT2D eigenvalue weighted by molar-refractivity contribution is 9.09. The second-order valence-corrected chi connectivity index (χ2v) is 21.5. The van der Waals surface area contributed by atoms with Gasteiger partial charge in [-0.05, 0) is 42.6 Å². The number of halogens is 1. The number of benzene rings is 3. The molecule has 0 aliphatic carbocycles. The van der Waals surface area contributed by atoms with E-state index in [9.17, 15) is 4.57 Å². The predicted molar refractivity (Wildman–Crippen MR) is 288 cm³/mol. The first-order valence-electron chi connectivity index (χ1n) is 27.2. The Morgan fingerprint density at radius 3 is 1.09 bits per heavy atom. The summed E-state index contributed by atoms with van der Waals surface area (Å²) in [6.07, 6.45) is 37.3. The molecule has 0 spiro atoms. The Labute approximate surface area is 414 Å². The smallest absolute Gasteiger partial charge is 0.296 e. The SMILES string of the molecule is CCCCCCCCCCCCCCCCN(Cc1ccccc1)CC(CN(CCCCCCCCCCCCCCCC)Cc1ccccc1)OP(=O)(OCCBr)OCc1ccccc1. The molecule has 0 fully saturated rings. The lowest BCUT2D eigenvalue weighted by Gasteiger charge is -2.33. The molecule has 0 heterocycles. The van der Waals surface area contributed by atoms with E-state index in [0.29, 0.717) is 18.4 Å². The van der Waals surface area contributed by atoms with Crippen LogP contribution in [0.3, 0.4) is 0 Å². The first-order valence-corrected chi connectivity index (χ1v) is 29.8. The number of unbranched alkanes of at least 4 members (excludes halogenated alkanes) is 26. The average molecular weight is 996 g/mol. The molecule has 1 unspecified atom stereocenters. The summed E-state index contributed by atoms with van der Waals surface area (Å²) in [5.41, 5.74) is 3.50. The minimum absolute atomic E-state index is 0.159. The van der Waals surface area contributed by atoms with Gasteiger partial charge in [-0.3, -0.25) is 23.4 Å². The lowest BCUT2D eigenvalue weighted by atomic mass is 10.0. The van der Waals surface area contributed by atoms with Crippen molar-refractivity contribution in [3.63, 3.8) is 0 Å². The van der Waals surface area contributed by atoms with Gasteiger partial charge in [0.25, 0.3) is 0 Å². The van der Waals surface area contributed by atoms with E-state index in [-0.39, 0.29) is 13.2 Å². The molecule has 0 amide bonds. The summed E-state index contributed by atoms with van der Waals surface area (Å²) in [6.45, 7) is 9.80. The summed E-state index contributed by atoms with van der Waals surface area (Å²) in [5.74, 6) is 0. The van der Waals surface area contributed by atoms with E-state index in [0.717, 1.165) is 44.6 Å². The zero-order valence-electron chi connectivity index (χ0n) is 42.3. The van der Waals surface area contributed by atoms with Crippen LogP contribution in [0.25, 0.3) is 0 Å². The summed E-state index contributed by atoms with van der Waals surface area (Å²) >= 11 is 3.49. The Bertz CT molecular complexity index is 1460. The molecule has 1 atom stereocenters.